The lowest BCUT2D eigenvalue weighted by molar-refractivity contribution is 0.325. The number of hydrogen-bond donors (Lipinski definition) is 3. The molecule has 0 unspecified atom stereocenters. The fourth-order valence-electron chi connectivity index (χ4n) is 6.01. The zero-order chi connectivity index (χ0) is 27.5. The predicted octanol–water partition coefficient (Wildman–Crippen LogP) is 7.24. The molecule has 0 bridgehead atoms. The van der Waals surface area contributed by atoms with E-state index in [1.807, 2.05) is 30.6 Å². The topological polar surface area (TPSA) is 98.4 Å². The lowest BCUT2D eigenvalue weighted by Gasteiger charge is -2.30. The monoisotopic (exact) mass is 534 g/mol. The molecule has 4 aromatic heterocycles. The summed E-state index contributed by atoms with van der Waals surface area (Å²) in [6, 6.07) is 6.11. The van der Waals surface area contributed by atoms with Gasteiger partial charge in [0.25, 0.3) is 0 Å². The summed E-state index contributed by atoms with van der Waals surface area (Å²) in [6.07, 6.45) is 17.6. The summed E-state index contributed by atoms with van der Waals surface area (Å²) >= 11 is 0. The Morgan fingerprint density at radius 3 is 2.65 bits per heavy atom. The number of H-pyrrole nitrogens is 2. The first-order valence-electron chi connectivity index (χ1n) is 14.5. The molecule has 3 N–H and O–H groups in total. The first kappa shape index (κ1) is 26.0. The molecule has 1 saturated carbocycles. The highest BCUT2D eigenvalue weighted by Crippen LogP contribution is 2.32. The van der Waals surface area contributed by atoms with E-state index in [4.69, 9.17) is 9.97 Å². The van der Waals surface area contributed by atoms with Gasteiger partial charge in [0, 0.05) is 36.2 Å². The number of allylic oxidation sites excluding steroid dienone is 3. The number of aromatic nitrogens is 6. The van der Waals surface area contributed by atoms with Crippen molar-refractivity contribution < 1.29 is 0 Å². The number of aryl methyl sites for hydroxylation is 1. The Morgan fingerprint density at radius 2 is 1.85 bits per heavy atom. The molecule has 1 aliphatic heterocycles. The van der Waals surface area contributed by atoms with E-state index in [1.165, 1.54) is 51.4 Å². The number of pyridine rings is 2. The first-order valence-corrected chi connectivity index (χ1v) is 14.5. The Bertz CT molecular complexity index is 1550. The van der Waals surface area contributed by atoms with Crippen molar-refractivity contribution in [3.05, 3.63) is 73.0 Å². The van der Waals surface area contributed by atoms with E-state index in [9.17, 15) is 0 Å². The molecule has 0 aromatic carbocycles. The van der Waals surface area contributed by atoms with Gasteiger partial charge in [-0.1, -0.05) is 38.5 Å². The minimum Gasteiger partial charge on any atom is -0.370 e. The normalized spacial score (nSPS) is 16.8. The average Bonchev–Trinajstić information content (AvgIpc) is 3.59. The van der Waals surface area contributed by atoms with Crippen LogP contribution in [0.15, 0.2) is 61.6 Å². The third-order valence-electron chi connectivity index (χ3n) is 8.17. The second-order valence-corrected chi connectivity index (χ2v) is 11.0. The van der Waals surface area contributed by atoms with Crippen molar-refractivity contribution in [1.29, 1.82) is 0 Å². The van der Waals surface area contributed by atoms with Crippen LogP contribution in [0.2, 0.25) is 0 Å². The average molecular weight is 535 g/mol. The summed E-state index contributed by atoms with van der Waals surface area (Å²) < 4.78 is 0. The van der Waals surface area contributed by atoms with Gasteiger partial charge in [0.1, 0.15) is 11.2 Å². The van der Waals surface area contributed by atoms with E-state index in [2.05, 4.69) is 62.6 Å². The second kappa shape index (κ2) is 11.5. The number of nitrogens with one attached hydrogen (secondary N) is 3. The standard InChI is InChI=1S/C32H38N8/c1-4-11-28(40-16-9-6-10-17-40)29-22(3)35-32(37-29)31-30-27(38-39-31)15-14-26(36-30)24-18-25(20-33-19-24)34-21(2)23-12-7-5-8-13-23/h4,11,14-15,18-20,23,34H,1-2,5-10,12-13,16-17H2,3H3,(H,35,37)(H,38,39)/b28-11+. The SMILES string of the molecule is C=C/C=C(\c1nc(-c2n[nH]c3ccc(-c4cncc(NC(=C)C5CCCCC5)c4)nc23)[nH]c1C)N1CCCCC1. The van der Waals surface area contributed by atoms with Crippen LogP contribution in [0.4, 0.5) is 5.69 Å². The smallest absolute Gasteiger partial charge is 0.161 e. The van der Waals surface area contributed by atoms with Crippen molar-refractivity contribution in [2.75, 3.05) is 18.4 Å². The third-order valence-corrected chi connectivity index (χ3v) is 8.17. The fraction of sp³-hybridized carbons (Fsp3) is 0.375. The Kier molecular flexibility index (Phi) is 7.49. The molecule has 0 amide bonds. The molecule has 2 aliphatic rings. The maximum atomic E-state index is 5.02. The van der Waals surface area contributed by atoms with Crippen molar-refractivity contribution in [2.24, 2.45) is 5.92 Å². The van der Waals surface area contributed by atoms with Crippen LogP contribution in [0, 0.1) is 12.8 Å². The summed E-state index contributed by atoms with van der Waals surface area (Å²) in [4.78, 5) is 20.4. The first-order chi connectivity index (χ1) is 19.6. The lowest BCUT2D eigenvalue weighted by atomic mass is 9.87. The number of hydrogen-bond acceptors (Lipinski definition) is 6. The van der Waals surface area contributed by atoms with E-state index in [-0.39, 0.29) is 0 Å². The number of fused-ring (bicyclic) bond motifs is 1. The van der Waals surface area contributed by atoms with Crippen LogP contribution in [-0.4, -0.2) is 48.1 Å². The Labute approximate surface area is 235 Å². The predicted molar refractivity (Wildman–Crippen MR) is 162 cm³/mol. The Balaban J connectivity index is 1.29. The van der Waals surface area contributed by atoms with Gasteiger partial charge in [-0.3, -0.25) is 10.1 Å². The van der Waals surface area contributed by atoms with Gasteiger partial charge in [0.15, 0.2) is 11.5 Å². The highest BCUT2D eigenvalue weighted by atomic mass is 15.2. The second-order valence-electron chi connectivity index (χ2n) is 11.0. The maximum Gasteiger partial charge on any atom is 0.161 e. The molecule has 206 valence electrons. The molecular weight excluding hydrogens is 496 g/mol. The van der Waals surface area contributed by atoms with Crippen LogP contribution < -0.4 is 5.32 Å². The van der Waals surface area contributed by atoms with Crippen molar-refractivity contribution in [2.45, 2.75) is 58.3 Å². The maximum absolute atomic E-state index is 5.02. The van der Waals surface area contributed by atoms with Crippen LogP contribution >= 0.6 is 0 Å². The van der Waals surface area contributed by atoms with Gasteiger partial charge in [-0.05, 0) is 69.2 Å². The van der Waals surface area contributed by atoms with Crippen LogP contribution in [0.3, 0.4) is 0 Å². The number of anilines is 1. The number of aromatic amines is 2. The molecule has 0 atom stereocenters. The summed E-state index contributed by atoms with van der Waals surface area (Å²) in [7, 11) is 0. The van der Waals surface area contributed by atoms with Gasteiger partial charge in [0.05, 0.1) is 28.8 Å². The highest BCUT2D eigenvalue weighted by Gasteiger charge is 2.22. The van der Waals surface area contributed by atoms with E-state index in [0.29, 0.717) is 17.4 Å². The van der Waals surface area contributed by atoms with Crippen molar-refractivity contribution in [3.63, 3.8) is 0 Å². The van der Waals surface area contributed by atoms with Gasteiger partial charge in [-0.2, -0.15) is 5.10 Å². The Hall–Kier alpha value is -4.20. The summed E-state index contributed by atoms with van der Waals surface area (Å²) in [5, 5.41) is 11.3. The number of imidazole rings is 1. The van der Waals surface area contributed by atoms with Gasteiger partial charge >= 0.3 is 0 Å². The molecule has 2 fully saturated rings. The van der Waals surface area contributed by atoms with Crippen molar-refractivity contribution in [1.82, 2.24) is 35.0 Å². The number of piperidine rings is 1. The van der Waals surface area contributed by atoms with E-state index < -0.39 is 0 Å². The molecule has 4 aromatic rings. The zero-order valence-corrected chi connectivity index (χ0v) is 23.3. The summed E-state index contributed by atoms with van der Waals surface area (Å²) in [6.45, 7) is 12.4. The third kappa shape index (κ3) is 5.30. The Morgan fingerprint density at radius 1 is 1.05 bits per heavy atom. The molecular formula is C32H38N8. The lowest BCUT2D eigenvalue weighted by Crippen LogP contribution is -2.28. The van der Waals surface area contributed by atoms with Crippen LogP contribution in [0.1, 0.15) is 62.8 Å². The minimum absolute atomic E-state index is 0.527. The van der Waals surface area contributed by atoms with Gasteiger partial charge < -0.3 is 15.2 Å². The molecule has 0 spiro atoms. The molecule has 8 heteroatoms. The van der Waals surface area contributed by atoms with Crippen LogP contribution in [0.25, 0.3) is 39.5 Å². The highest BCUT2D eigenvalue weighted by molar-refractivity contribution is 5.89. The van der Waals surface area contributed by atoms with E-state index in [1.54, 1.807) is 0 Å². The number of rotatable bonds is 8. The van der Waals surface area contributed by atoms with Crippen LogP contribution in [-0.2, 0) is 0 Å². The van der Waals surface area contributed by atoms with Crippen LogP contribution in [0.5, 0.6) is 0 Å². The molecule has 0 radical (unpaired) electrons. The van der Waals surface area contributed by atoms with Gasteiger partial charge in [0.2, 0.25) is 0 Å². The molecule has 5 heterocycles. The van der Waals surface area contributed by atoms with Crippen molar-refractivity contribution in [3.8, 4) is 22.8 Å². The largest absolute Gasteiger partial charge is 0.370 e. The number of nitrogens with zero attached hydrogens (tertiary/aromatic N) is 5. The quantitative estimate of drug-likeness (QED) is 0.206. The fourth-order valence-corrected chi connectivity index (χ4v) is 6.01. The summed E-state index contributed by atoms with van der Waals surface area (Å²) in [5.41, 5.74) is 9.17. The molecule has 1 saturated heterocycles. The molecule has 1 aliphatic carbocycles. The van der Waals surface area contributed by atoms with Crippen molar-refractivity contribution >= 4 is 22.4 Å². The molecule has 40 heavy (non-hydrogen) atoms. The number of likely N-dealkylation sites (tertiary alicyclic amines) is 1. The molecule has 8 nitrogen and oxygen atoms in total. The van der Waals surface area contributed by atoms with Gasteiger partial charge in [-0.15, -0.1) is 0 Å². The molecule has 6 rings (SSSR count). The zero-order valence-electron chi connectivity index (χ0n) is 23.3. The summed E-state index contributed by atoms with van der Waals surface area (Å²) in [5.74, 6) is 1.23. The van der Waals surface area contributed by atoms with E-state index >= 15 is 0 Å². The minimum atomic E-state index is 0.527. The van der Waals surface area contributed by atoms with Gasteiger partial charge in [-0.25, -0.2) is 9.97 Å². The van der Waals surface area contributed by atoms with E-state index in [0.717, 1.165) is 63.8 Å².